The fraction of sp³-hybridized carbons (Fsp3) is 0.412. The van der Waals surface area contributed by atoms with Crippen LogP contribution in [0.15, 0.2) is 42.5 Å². The first-order chi connectivity index (χ1) is 9.31. The fourth-order valence-corrected chi connectivity index (χ4v) is 3.37. The molecule has 0 amide bonds. The zero-order chi connectivity index (χ0) is 13.1. The van der Waals surface area contributed by atoms with Crippen LogP contribution in [0.5, 0.6) is 5.75 Å². The van der Waals surface area contributed by atoms with Gasteiger partial charge in [-0.05, 0) is 41.5 Å². The zero-order valence-corrected chi connectivity index (χ0v) is 12.0. The Morgan fingerprint density at radius 1 is 1.00 bits per heavy atom. The van der Waals surface area contributed by atoms with Crippen molar-refractivity contribution in [2.45, 2.75) is 25.7 Å². The van der Waals surface area contributed by atoms with Gasteiger partial charge in [-0.3, -0.25) is 0 Å². The van der Waals surface area contributed by atoms with E-state index in [1.807, 2.05) is 0 Å². The Morgan fingerprint density at radius 3 is 2.47 bits per heavy atom. The maximum atomic E-state index is 6.04. The van der Waals surface area contributed by atoms with Gasteiger partial charge in [-0.15, -0.1) is 0 Å². The second kappa shape index (κ2) is 5.46. The van der Waals surface area contributed by atoms with Crippen molar-refractivity contribution >= 4 is 23.4 Å². The number of hydrogen-bond acceptors (Lipinski definition) is 2. The van der Waals surface area contributed by atoms with Crippen molar-refractivity contribution in [2.75, 3.05) is 12.4 Å². The highest BCUT2D eigenvalue weighted by molar-refractivity contribution is 7.80. The first-order valence-electron chi connectivity index (χ1n) is 7.04. The summed E-state index contributed by atoms with van der Waals surface area (Å²) in [6, 6.07) is 14.7. The molecule has 0 spiro atoms. The average Bonchev–Trinajstić information content (AvgIpc) is 2.94. The van der Waals surface area contributed by atoms with E-state index in [1.54, 1.807) is 0 Å². The zero-order valence-electron chi connectivity index (χ0n) is 11.1. The number of ether oxygens (including phenoxy) is 1. The van der Waals surface area contributed by atoms with Crippen molar-refractivity contribution in [3.05, 3.63) is 42.5 Å². The molecule has 2 aromatic rings. The molecule has 0 aromatic heterocycles. The molecule has 3 rings (SSSR count). The third-order valence-corrected chi connectivity index (χ3v) is 4.94. The van der Waals surface area contributed by atoms with E-state index in [-0.39, 0.29) is 0 Å². The van der Waals surface area contributed by atoms with E-state index in [4.69, 9.17) is 4.74 Å². The second-order valence-electron chi connectivity index (χ2n) is 5.66. The van der Waals surface area contributed by atoms with Gasteiger partial charge in [0, 0.05) is 5.41 Å². The molecule has 1 aliphatic rings. The minimum atomic E-state index is 0.300. The van der Waals surface area contributed by atoms with Gasteiger partial charge in [-0.25, -0.2) is 0 Å². The third-order valence-electron chi connectivity index (χ3n) is 4.27. The van der Waals surface area contributed by atoms with Crippen LogP contribution >= 0.6 is 12.6 Å². The van der Waals surface area contributed by atoms with Gasteiger partial charge in [0.05, 0.1) is 6.61 Å². The molecule has 100 valence electrons. The fourth-order valence-electron chi connectivity index (χ4n) is 2.97. The molecule has 1 fully saturated rings. The lowest BCUT2D eigenvalue weighted by Crippen LogP contribution is -2.27. The van der Waals surface area contributed by atoms with Crippen molar-refractivity contribution in [1.82, 2.24) is 0 Å². The smallest absolute Gasteiger partial charge is 0.119 e. The van der Waals surface area contributed by atoms with Crippen LogP contribution in [-0.2, 0) is 0 Å². The molecular weight excluding hydrogens is 252 g/mol. The molecule has 19 heavy (non-hydrogen) atoms. The van der Waals surface area contributed by atoms with E-state index in [0.29, 0.717) is 5.41 Å². The molecule has 0 atom stereocenters. The monoisotopic (exact) mass is 272 g/mol. The summed E-state index contributed by atoms with van der Waals surface area (Å²) in [7, 11) is 0. The van der Waals surface area contributed by atoms with Gasteiger partial charge in [-0.1, -0.05) is 43.2 Å². The van der Waals surface area contributed by atoms with Crippen molar-refractivity contribution < 1.29 is 4.74 Å². The second-order valence-corrected chi connectivity index (χ2v) is 5.98. The van der Waals surface area contributed by atoms with Crippen molar-refractivity contribution in [3.8, 4) is 5.75 Å². The molecule has 1 nitrogen and oxygen atoms in total. The molecule has 1 aliphatic carbocycles. The first-order valence-corrected chi connectivity index (χ1v) is 7.67. The number of thiol groups is 1. The molecule has 0 aliphatic heterocycles. The van der Waals surface area contributed by atoms with Crippen molar-refractivity contribution in [3.63, 3.8) is 0 Å². The van der Waals surface area contributed by atoms with E-state index < -0.39 is 0 Å². The Bertz CT molecular complexity index is 558. The normalized spacial score (nSPS) is 17.7. The minimum absolute atomic E-state index is 0.300. The molecule has 2 heteroatoms. The van der Waals surface area contributed by atoms with E-state index in [1.165, 1.54) is 36.5 Å². The van der Waals surface area contributed by atoms with Crippen LogP contribution in [0.25, 0.3) is 10.8 Å². The Kier molecular flexibility index (Phi) is 3.69. The van der Waals surface area contributed by atoms with Crippen LogP contribution in [0.3, 0.4) is 0 Å². The molecule has 0 radical (unpaired) electrons. The molecule has 2 aromatic carbocycles. The molecule has 0 bridgehead atoms. The lowest BCUT2D eigenvalue weighted by atomic mass is 9.90. The van der Waals surface area contributed by atoms with Gasteiger partial charge in [0.15, 0.2) is 0 Å². The Hall–Kier alpha value is -1.15. The van der Waals surface area contributed by atoms with Crippen LogP contribution in [0.4, 0.5) is 0 Å². The number of benzene rings is 2. The summed E-state index contributed by atoms with van der Waals surface area (Å²) in [5, 5.41) is 2.51. The maximum Gasteiger partial charge on any atom is 0.119 e. The summed E-state index contributed by atoms with van der Waals surface area (Å²) >= 11 is 4.53. The quantitative estimate of drug-likeness (QED) is 0.793. The van der Waals surface area contributed by atoms with Crippen LogP contribution in [0.1, 0.15) is 25.7 Å². The predicted octanol–water partition coefficient (Wildman–Crippen LogP) is 4.71. The summed E-state index contributed by atoms with van der Waals surface area (Å²) in [5.74, 6) is 1.91. The van der Waals surface area contributed by atoms with Gasteiger partial charge in [0.2, 0.25) is 0 Å². The summed E-state index contributed by atoms with van der Waals surface area (Å²) < 4.78 is 6.04. The van der Waals surface area contributed by atoms with Gasteiger partial charge in [0.1, 0.15) is 5.75 Å². The highest BCUT2D eigenvalue weighted by atomic mass is 32.1. The number of rotatable bonds is 4. The Balaban J connectivity index is 1.74. The first kappa shape index (κ1) is 12.9. The molecule has 0 unspecified atom stereocenters. The Morgan fingerprint density at radius 2 is 1.74 bits per heavy atom. The summed E-state index contributed by atoms with van der Waals surface area (Å²) in [4.78, 5) is 0. The van der Waals surface area contributed by atoms with Gasteiger partial charge in [0.25, 0.3) is 0 Å². The van der Waals surface area contributed by atoms with Gasteiger partial charge < -0.3 is 4.74 Å². The highest BCUT2D eigenvalue weighted by Gasteiger charge is 2.33. The standard InChI is InChI=1S/C17H20OS/c19-13-17(9-3-4-10-17)12-18-16-8-7-14-5-1-2-6-15(14)11-16/h1-2,5-8,11,19H,3-4,9-10,12-13H2. The lowest BCUT2D eigenvalue weighted by Gasteiger charge is -2.26. The van der Waals surface area contributed by atoms with Crippen molar-refractivity contribution in [1.29, 1.82) is 0 Å². The van der Waals surface area contributed by atoms with E-state index in [2.05, 4.69) is 55.1 Å². The average molecular weight is 272 g/mol. The number of hydrogen-bond donors (Lipinski definition) is 1. The largest absolute Gasteiger partial charge is 0.493 e. The highest BCUT2D eigenvalue weighted by Crippen LogP contribution is 2.39. The van der Waals surface area contributed by atoms with Crippen LogP contribution in [0.2, 0.25) is 0 Å². The van der Waals surface area contributed by atoms with E-state index >= 15 is 0 Å². The Labute approximate surface area is 120 Å². The lowest BCUT2D eigenvalue weighted by molar-refractivity contribution is 0.173. The maximum absolute atomic E-state index is 6.04. The SMILES string of the molecule is SCC1(COc2ccc3ccccc3c2)CCCC1. The molecule has 1 saturated carbocycles. The molecule has 0 heterocycles. The van der Waals surface area contributed by atoms with Crippen LogP contribution < -0.4 is 4.74 Å². The van der Waals surface area contributed by atoms with E-state index in [0.717, 1.165) is 18.1 Å². The van der Waals surface area contributed by atoms with Crippen LogP contribution in [-0.4, -0.2) is 12.4 Å². The number of fused-ring (bicyclic) bond motifs is 1. The van der Waals surface area contributed by atoms with Gasteiger partial charge >= 0.3 is 0 Å². The topological polar surface area (TPSA) is 9.23 Å². The minimum Gasteiger partial charge on any atom is -0.493 e. The van der Waals surface area contributed by atoms with Gasteiger partial charge in [-0.2, -0.15) is 12.6 Å². The molecular formula is C17H20OS. The molecule has 0 saturated heterocycles. The third kappa shape index (κ3) is 2.74. The van der Waals surface area contributed by atoms with Crippen molar-refractivity contribution in [2.24, 2.45) is 5.41 Å². The predicted molar refractivity (Wildman–Crippen MR) is 84.2 cm³/mol. The van der Waals surface area contributed by atoms with Crippen LogP contribution in [0, 0.1) is 5.41 Å². The van der Waals surface area contributed by atoms with E-state index in [9.17, 15) is 0 Å². The molecule has 0 N–H and O–H groups in total. The summed E-state index contributed by atoms with van der Waals surface area (Å²) in [6.45, 7) is 0.800. The summed E-state index contributed by atoms with van der Waals surface area (Å²) in [5.41, 5.74) is 0.300. The summed E-state index contributed by atoms with van der Waals surface area (Å²) in [6.07, 6.45) is 5.15.